The largest absolute Gasteiger partial charge is 0.730 e. The molecule has 0 aromatic carbocycles. The molecule has 0 radical (unpaired) electrons. The second-order valence-electron chi connectivity index (χ2n) is 7.27. The number of hydrogen-bond acceptors (Lipinski definition) is 7. The summed E-state index contributed by atoms with van der Waals surface area (Å²) >= 11 is 0. The molecular weight excluding hydrogens is 361 g/mol. The Bertz CT molecular complexity index is 343. The zero-order valence-electron chi connectivity index (χ0n) is 17.8. The van der Waals surface area contributed by atoms with Gasteiger partial charge in [-0.3, -0.25) is 9.55 Å². The fourth-order valence-corrected chi connectivity index (χ4v) is 3.05. The van der Waals surface area contributed by atoms with Crippen LogP contribution in [0.25, 0.3) is 0 Å². The highest BCUT2D eigenvalue weighted by Crippen LogP contribution is 2.13. The van der Waals surface area contributed by atoms with Crippen LogP contribution < -0.4 is 0 Å². The van der Waals surface area contributed by atoms with Crippen molar-refractivity contribution in [2.45, 2.75) is 96.8 Å². The van der Waals surface area contributed by atoms with Gasteiger partial charge in [-0.25, -0.2) is 0 Å². The number of aliphatic hydroxyl groups excluding tert-OH is 2. The van der Waals surface area contributed by atoms with Crippen molar-refractivity contribution in [3.8, 4) is 0 Å². The number of hydroxylamine groups is 2. The average Bonchev–Trinajstić information content (AvgIpc) is 2.65. The van der Waals surface area contributed by atoms with Crippen molar-refractivity contribution in [3.63, 3.8) is 0 Å². The van der Waals surface area contributed by atoms with Gasteiger partial charge in [0.1, 0.15) is 0 Å². The van der Waals surface area contributed by atoms with Gasteiger partial charge in [-0.15, -0.1) is 0 Å². The van der Waals surface area contributed by atoms with Crippen molar-refractivity contribution >= 4 is 13.3 Å². The molecule has 0 atom stereocenters. The van der Waals surface area contributed by atoms with Crippen molar-refractivity contribution in [1.29, 1.82) is 0 Å². The van der Waals surface area contributed by atoms with E-state index in [-0.39, 0.29) is 32.7 Å². The second kappa shape index (κ2) is 21.1. The Morgan fingerprint density at radius 3 is 1.64 bits per heavy atom. The first-order valence-electron chi connectivity index (χ1n) is 11.1. The van der Waals surface area contributed by atoms with Crippen LogP contribution >= 0.6 is 0 Å². The van der Waals surface area contributed by atoms with Crippen LogP contribution in [0.15, 0.2) is 0 Å². The summed E-state index contributed by atoms with van der Waals surface area (Å²) in [6, 6.07) is 0. The van der Waals surface area contributed by atoms with Gasteiger partial charge in [0.15, 0.2) is 0 Å². The summed E-state index contributed by atoms with van der Waals surface area (Å²) in [7, 11) is -1.72. The molecule has 0 aromatic rings. The normalized spacial score (nSPS) is 11.2. The molecule has 0 heterocycles. The third kappa shape index (κ3) is 18.7. The third-order valence-electron chi connectivity index (χ3n) is 4.65. The van der Waals surface area contributed by atoms with Crippen LogP contribution in [0.3, 0.4) is 0 Å². The third-order valence-corrected chi connectivity index (χ3v) is 4.65. The minimum Gasteiger partial charge on any atom is -0.484 e. The Hall–Kier alpha value is -0.665. The lowest BCUT2D eigenvalue weighted by Crippen LogP contribution is -2.39. The second-order valence-corrected chi connectivity index (χ2v) is 7.27. The van der Waals surface area contributed by atoms with Gasteiger partial charge >= 0.3 is 7.32 Å². The maximum Gasteiger partial charge on any atom is 0.730 e. The number of nitrogens with zero attached hydrogens (tertiary/aromatic N) is 1. The molecule has 28 heavy (non-hydrogen) atoms. The molecule has 0 saturated heterocycles. The minimum absolute atomic E-state index is 0.105. The van der Waals surface area contributed by atoms with E-state index in [9.17, 15) is 9.82 Å². The van der Waals surface area contributed by atoms with E-state index in [4.69, 9.17) is 19.6 Å². The Labute approximate surface area is 171 Å². The lowest BCUT2D eigenvalue weighted by atomic mass is 10.0. The van der Waals surface area contributed by atoms with Crippen LogP contribution in [0, 0.1) is 0 Å². The SMILES string of the molecule is CCCCCCCCCCCCCCCC(=O)OB(O)ON(CCO)CCO. The van der Waals surface area contributed by atoms with Crippen molar-refractivity contribution in [3.05, 3.63) is 0 Å². The number of unbranched alkanes of at least 4 members (excludes halogenated alkanes) is 12. The molecule has 0 unspecified atom stereocenters. The maximum atomic E-state index is 11.7. The van der Waals surface area contributed by atoms with Gasteiger partial charge in [0.05, 0.1) is 13.2 Å². The molecule has 3 N–H and O–H groups in total. The highest BCUT2D eigenvalue weighted by molar-refractivity contribution is 6.37. The predicted octanol–water partition coefficient (Wildman–Crippen LogP) is 3.21. The van der Waals surface area contributed by atoms with Gasteiger partial charge in [0.25, 0.3) is 5.97 Å². The first-order chi connectivity index (χ1) is 13.6. The topological polar surface area (TPSA) is 99.5 Å². The van der Waals surface area contributed by atoms with E-state index in [1.807, 2.05) is 0 Å². The van der Waals surface area contributed by atoms with Gasteiger partial charge in [-0.2, -0.15) is 5.06 Å². The Morgan fingerprint density at radius 2 is 1.21 bits per heavy atom. The zero-order valence-corrected chi connectivity index (χ0v) is 17.8. The molecule has 0 aromatic heterocycles. The molecule has 0 aliphatic rings. The fraction of sp³-hybridized carbons (Fsp3) is 0.950. The zero-order chi connectivity index (χ0) is 20.9. The van der Waals surface area contributed by atoms with Crippen LogP contribution in [0.4, 0.5) is 0 Å². The molecule has 0 aliphatic heterocycles. The molecule has 0 saturated carbocycles. The maximum absolute atomic E-state index is 11.7. The molecule has 8 heteroatoms. The summed E-state index contributed by atoms with van der Waals surface area (Å²) in [6.07, 6.45) is 16.3. The Balaban J connectivity index is 3.47. The number of hydrogen-bond donors (Lipinski definition) is 3. The highest BCUT2D eigenvalue weighted by atomic mass is 16.8. The van der Waals surface area contributed by atoms with Crippen molar-refractivity contribution < 1.29 is 29.4 Å². The van der Waals surface area contributed by atoms with Crippen molar-refractivity contribution in [2.24, 2.45) is 0 Å². The first kappa shape index (κ1) is 27.3. The van der Waals surface area contributed by atoms with E-state index in [2.05, 4.69) is 6.92 Å². The summed E-state index contributed by atoms with van der Waals surface area (Å²) in [4.78, 5) is 11.7. The van der Waals surface area contributed by atoms with Gasteiger partial charge in [-0.05, 0) is 6.42 Å². The lowest BCUT2D eigenvalue weighted by Gasteiger charge is -2.20. The summed E-state index contributed by atoms with van der Waals surface area (Å²) in [5.74, 6) is -0.511. The summed E-state index contributed by atoms with van der Waals surface area (Å²) in [5, 5.41) is 28.4. The molecule has 166 valence electrons. The van der Waals surface area contributed by atoms with Crippen LogP contribution in [-0.4, -0.2) is 59.9 Å². The van der Waals surface area contributed by atoms with Crippen LogP contribution in [0.1, 0.15) is 96.8 Å². The standard InChI is InChI=1S/C20H42BNO6/c1-2-3-4-5-6-7-8-9-10-11-12-13-14-15-20(25)27-21(26)28-22(16-18-23)17-19-24/h23-24,26H,2-19H2,1H3. The summed E-state index contributed by atoms with van der Waals surface area (Å²) < 4.78 is 9.72. The van der Waals surface area contributed by atoms with E-state index in [0.717, 1.165) is 24.3 Å². The van der Waals surface area contributed by atoms with Gasteiger partial charge in [-0.1, -0.05) is 84.0 Å². The summed E-state index contributed by atoms with van der Waals surface area (Å²) in [5.41, 5.74) is 0. The number of rotatable bonds is 21. The van der Waals surface area contributed by atoms with E-state index < -0.39 is 13.3 Å². The molecule has 0 spiro atoms. The lowest BCUT2D eigenvalue weighted by molar-refractivity contribution is -0.147. The van der Waals surface area contributed by atoms with Gasteiger partial charge in [0, 0.05) is 19.5 Å². The van der Waals surface area contributed by atoms with Crippen molar-refractivity contribution in [2.75, 3.05) is 26.3 Å². The van der Waals surface area contributed by atoms with Crippen molar-refractivity contribution in [1.82, 2.24) is 5.06 Å². The Kier molecular flexibility index (Phi) is 20.6. The highest BCUT2D eigenvalue weighted by Gasteiger charge is 2.25. The first-order valence-corrected chi connectivity index (χ1v) is 11.1. The molecular formula is C20H42BNO6. The van der Waals surface area contributed by atoms with E-state index in [1.165, 1.54) is 64.2 Å². The predicted molar refractivity (Wildman–Crippen MR) is 111 cm³/mol. The molecule has 0 bridgehead atoms. The number of aliphatic hydroxyl groups is 2. The van der Waals surface area contributed by atoms with Gasteiger partial charge < -0.3 is 19.9 Å². The van der Waals surface area contributed by atoms with E-state index in [1.54, 1.807) is 0 Å². The van der Waals surface area contributed by atoms with E-state index in [0.29, 0.717) is 0 Å². The molecule has 0 rings (SSSR count). The van der Waals surface area contributed by atoms with Crippen LogP contribution in [0.2, 0.25) is 0 Å². The minimum atomic E-state index is -1.72. The van der Waals surface area contributed by atoms with Gasteiger partial charge in [0.2, 0.25) is 0 Å². The summed E-state index contributed by atoms with van der Waals surface area (Å²) in [6.45, 7) is 2.07. The van der Waals surface area contributed by atoms with Crippen LogP contribution in [0.5, 0.6) is 0 Å². The molecule has 0 amide bonds. The average molecular weight is 403 g/mol. The van der Waals surface area contributed by atoms with Crippen LogP contribution in [-0.2, 0) is 14.2 Å². The monoisotopic (exact) mass is 403 g/mol. The fourth-order valence-electron chi connectivity index (χ4n) is 3.05. The van der Waals surface area contributed by atoms with E-state index >= 15 is 0 Å². The quantitative estimate of drug-likeness (QED) is 0.154. The molecule has 0 aliphatic carbocycles. The Morgan fingerprint density at radius 1 is 0.786 bits per heavy atom. The smallest absolute Gasteiger partial charge is 0.484 e. The number of carbonyl (C=O) groups is 1. The molecule has 0 fully saturated rings. The molecule has 7 nitrogen and oxygen atoms in total. The number of carbonyl (C=O) groups excluding carboxylic acids is 1.